The predicted molar refractivity (Wildman–Crippen MR) is 87.4 cm³/mol. The maximum atomic E-state index is 11.7. The molecular weight excluding hydrogens is 294 g/mol. The van der Waals surface area contributed by atoms with Gasteiger partial charge >= 0.3 is 5.97 Å². The summed E-state index contributed by atoms with van der Waals surface area (Å²) in [6.45, 7) is 3.80. The second-order valence-electron chi connectivity index (χ2n) is 5.20. The second kappa shape index (κ2) is 8.03. The highest BCUT2D eigenvalue weighted by Crippen LogP contribution is 2.09. The highest BCUT2D eigenvalue weighted by Gasteiger charge is 2.05. The fourth-order valence-electron chi connectivity index (χ4n) is 1.88. The summed E-state index contributed by atoms with van der Waals surface area (Å²) in [6.07, 6.45) is 4.55. The van der Waals surface area contributed by atoms with E-state index in [1.807, 2.05) is 24.3 Å². The van der Waals surface area contributed by atoms with E-state index in [2.05, 4.69) is 15.3 Å². The summed E-state index contributed by atoms with van der Waals surface area (Å²) >= 11 is 0. The SMILES string of the molecule is CC(C)OC(=O)CCNC(=O)/C=C/c1cnc2ccccc2n1. The van der Waals surface area contributed by atoms with Crippen molar-refractivity contribution in [2.75, 3.05) is 6.54 Å². The van der Waals surface area contributed by atoms with Crippen molar-refractivity contribution >= 4 is 29.0 Å². The minimum absolute atomic E-state index is 0.146. The number of hydrogen-bond acceptors (Lipinski definition) is 5. The van der Waals surface area contributed by atoms with E-state index in [1.54, 1.807) is 26.1 Å². The highest BCUT2D eigenvalue weighted by atomic mass is 16.5. The molecule has 0 aliphatic heterocycles. The molecule has 1 N–H and O–H groups in total. The molecule has 2 aromatic rings. The molecule has 0 spiro atoms. The molecule has 0 aliphatic carbocycles. The number of amides is 1. The number of carbonyl (C=O) groups is 2. The van der Waals surface area contributed by atoms with Gasteiger partial charge in [-0.2, -0.15) is 0 Å². The van der Waals surface area contributed by atoms with Gasteiger partial charge in [0, 0.05) is 12.6 Å². The summed E-state index contributed by atoms with van der Waals surface area (Å²) < 4.78 is 4.98. The zero-order valence-electron chi connectivity index (χ0n) is 13.2. The molecule has 0 bridgehead atoms. The fraction of sp³-hybridized carbons (Fsp3) is 0.294. The van der Waals surface area contributed by atoms with Gasteiger partial charge in [-0.05, 0) is 32.1 Å². The molecule has 1 amide bonds. The van der Waals surface area contributed by atoms with E-state index in [0.29, 0.717) is 5.69 Å². The third-order valence-electron chi connectivity index (χ3n) is 2.87. The summed E-state index contributed by atoms with van der Waals surface area (Å²) in [4.78, 5) is 31.7. The number of para-hydroxylation sites is 2. The molecule has 0 radical (unpaired) electrons. The third kappa shape index (κ3) is 5.50. The average Bonchev–Trinajstić information content (AvgIpc) is 2.52. The third-order valence-corrected chi connectivity index (χ3v) is 2.87. The summed E-state index contributed by atoms with van der Waals surface area (Å²) in [5.41, 5.74) is 2.17. The molecular formula is C17H19N3O3. The first kappa shape index (κ1) is 16.6. The Morgan fingerprint density at radius 2 is 2.00 bits per heavy atom. The first-order chi connectivity index (χ1) is 11.0. The van der Waals surface area contributed by atoms with E-state index >= 15 is 0 Å². The Hall–Kier alpha value is -2.76. The lowest BCUT2D eigenvalue weighted by Gasteiger charge is -2.07. The zero-order valence-corrected chi connectivity index (χ0v) is 13.2. The molecule has 0 unspecified atom stereocenters. The van der Waals surface area contributed by atoms with Crippen LogP contribution >= 0.6 is 0 Å². The van der Waals surface area contributed by atoms with Crippen LogP contribution < -0.4 is 5.32 Å². The molecule has 0 fully saturated rings. The van der Waals surface area contributed by atoms with E-state index in [0.717, 1.165) is 11.0 Å². The average molecular weight is 313 g/mol. The standard InChI is InChI=1S/C17H19N3O3/c1-12(2)23-17(22)9-10-18-16(21)8-7-13-11-19-14-5-3-4-6-15(14)20-13/h3-8,11-12H,9-10H2,1-2H3,(H,18,21)/b8-7+. The largest absolute Gasteiger partial charge is 0.463 e. The number of carbonyl (C=O) groups excluding carboxylic acids is 2. The quantitative estimate of drug-likeness (QED) is 0.652. The van der Waals surface area contributed by atoms with E-state index in [9.17, 15) is 9.59 Å². The van der Waals surface area contributed by atoms with Crippen LogP contribution in [-0.2, 0) is 14.3 Å². The van der Waals surface area contributed by atoms with Gasteiger partial charge in [-0.25, -0.2) is 4.98 Å². The van der Waals surface area contributed by atoms with Gasteiger partial charge in [0.05, 0.1) is 35.4 Å². The van der Waals surface area contributed by atoms with Crippen LogP contribution in [0.4, 0.5) is 0 Å². The minimum atomic E-state index is -0.329. The van der Waals surface area contributed by atoms with Crippen molar-refractivity contribution < 1.29 is 14.3 Å². The van der Waals surface area contributed by atoms with Crippen molar-refractivity contribution in [2.45, 2.75) is 26.4 Å². The molecule has 1 aromatic heterocycles. The summed E-state index contributed by atoms with van der Waals surface area (Å²) in [6, 6.07) is 7.51. The Bertz CT molecular complexity index is 726. The van der Waals surface area contributed by atoms with Gasteiger partial charge in [0.2, 0.25) is 5.91 Å². The van der Waals surface area contributed by atoms with Crippen LogP contribution in [0.1, 0.15) is 26.0 Å². The van der Waals surface area contributed by atoms with E-state index < -0.39 is 0 Å². The molecule has 6 heteroatoms. The Morgan fingerprint density at radius 3 is 2.74 bits per heavy atom. The number of hydrogen-bond donors (Lipinski definition) is 1. The summed E-state index contributed by atoms with van der Waals surface area (Å²) in [7, 11) is 0. The molecule has 0 aliphatic rings. The molecule has 120 valence electrons. The molecule has 2 rings (SSSR count). The normalized spacial score (nSPS) is 11.1. The van der Waals surface area contributed by atoms with Crippen LogP contribution in [0.15, 0.2) is 36.5 Å². The number of rotatable bonds is 6. The first-order valence-electron chi connectivity index (χ1n) is 7.42. The molecule has 1 heterocycles. The smallest absolute Gasteiger partial charge is 0.307 e. The second-order valence-corrected chi connectivity index (χ2v) is 5.20. The molecule has 0 saturated heterocycles. The van der Waals surface area contributed by atoms with Crippen LogP contribution in [-0.4, -0.2) is 34.5 Å². The maximum Gasteiger partial charge on any atom is 0.307 e. The van der Waals surface area contributed by atoms with E-state index in [1.165, 1.54) is 6.08 Å². The molecule has 6 nitrogen and oxygen atoms in total. The van der Waals surface area contributed by atoms with E-state index in [4.69, 9.17) is 4.74 Å². The molecule has 0 atom stereocenters. The number of nitrogens with one attached hydrogen (secondary N) is 1. The fourth-order valence-corrected chi connectivity index (χ4v) is 1.88. The van der Waals surface area contributed by atoms with Crippen molar-refractivity contribution in [3.05, 3.63) is 42.2 Å². The number of benzene rings is 1. The summed E-state index contributed by atoms with van der Waals surface area (Å²) in [5.74, 6) is -0.623. The van der Waals surface area contributed by atoms with Crippen LogP contribution in [0.5, 0.6) is 0 Å². The lowest BCUT2D eigenvalue weighted by Crippen LogP contribution is -2.25. The monoisotopic (exact) mass is 313 g/mol. The van der Waals surface area contributed by atoms with Gasteiger partial charge in [-0.15, -0.1) is 0 Å². The highest BCUT2D eigenvalue weighted by molar-refractivity contribution is 5.91. The van der Waals surface area contributed by atoms with Crippen LogP contribution in [0.3, 0.4) is 0 Å². The number of fused-ring (bicyclic) bond motifs is 1. The Labute approximate surface area is 134 Å². The summed E-state index contributed by atoms with van der Waals surface area (Å²) in [5, 5.41) is 2.62. The Kier molecular flexibility index (Phi) is 5.80. The topological polar surface area (TPSA) is 81.2 Å². The molecule has 23 heavy (non-hydrogen) atoms. The zero-order chi connectivity index (χ0) is 16.7. The van der Waals surface area contributed by atoms with E-state index in [-0.39, 0.29) is 30.9 Å². The lowest BCUT2D eigenvalue weighted by molar-refractivity contribution is -0.147. The number of ether oxygens (including phenoxy) is 1. The van der Waals surface area contributed by atoms with Gasteiger partial charge < -0.3 is 10.1 Å². The van der Waals surface area contributed by atoms with Crippen LogP contribution in [0.2, 0.25) is 0 Å². The predicted octanol–water partition coefficient (Wildman–Crippen LogP) is 2.10. The molecule has 1 aromatic carbocycles. The first-order valence-corrected chi connectivity index (χ1v) is 7.42. The number of esters is 1. The number of nitrogens with zero attached hydrogens (tertiary/aromatic N) is 2. The van der Waals surface area contributed by atoms with Gasteiger partial charge in [0.1, 0.15) is 0 Å². The Balaban J connectivity index is 1.84. The van der Waals surface area contributed by atoms with Crippen LogP contribution in [0, 0.1) is 0 Å². The van der Waals surface area contributed by atoms with Crippen molar-refractivity contribution in [3.63, 3.8) is 0 Å². The minimum Gasteiger partial charge on any atom is -0.463 e. The van der Waals surface area contributed by atoms with Gasteiger partial charge in [0.15, 0.2) is 0 Å². The number of aromatic nitrogens is 2. The Morgan fingerprint density at radius 1 is 1.26 bits per heavy atom. The van der Waals surface area contributed by atoms with Gasteiger partial charge in [-0.1, -0.05) is 12.1 Å². The van der Waals surface area contributed by atoms with Crippen molar-refractivity contribution in [2.24, 2.45) is 0 Å². The van der Waals surface area contributed by atoms with Crippen molar-refractivity contribution in [1.82, 2.24) is 15.3 Å². The van der Waals surface area contributed by atoms with Gasteiger partial charge in [0.25, 0.3) is 0 Å². The maximum absolute atomic E-state index is 11.7. The van der Waals surface area contributed by atoms with Crippen molar-refractivity contribution in [1.29, 1.82) is 0 Å². The molecule has 0 saturated carbocycles. The van der Waals surface area contributed by atoms with Crippen LogP contribution in [0.25, 0.3) is 17.1 Å². The lowest BCUT2D eigenvalue weighted by atomic mass is 10.3. The van der Waals surface area contributed by atoms with Gasteiger partial charge in [-0.3, -0.25) is 14.6 Å². The van der Waals surface area contributed by atoms with Crippen molar-refractivity contribution in [3.8, 4) is 0 Å².